The van der Waals surface area contributed by atoms with E-state index in [2.05, 4.69) is 6.58 Å². The Hall–Kier alpha value is -0.260. The van der Waals surface area contributed by atoms with Crippen LogP contribution in [0.25, 0.3) is 0 Å². The lowest BCUT2D eigenvalue weighted by molar-refractivity contribution is 0.188. The van der Waals surface area contributed by atoms with Crippen LogP contribution in [0, 0.1) is 10.8 Å². The molecule has 66 valence electrons. The highest BCUT2D eigenvalue weighted by Crippen LogP contribution is 2.72. The van der Waals surface area contributed by atoms with E-state index in [1.54, 1.807) is 5.57 Å². The van der Waals surface area contributed by atoms with E-state index in [-0.39, 0.29) is 0 Å². The van der Waals surface area contributed by atoms with E-state index in [1.165, 1.54) is 51.4 Å². The van der Waals surface area contributed by atoms with Crippen molar-refractivity contribution in [1.29, 1.82) is 0 Å². The van der Waals surface area contributed by atoms with E-state index in [4.69, 9.17) is 0 Å². The highest BCUT2D eigenvalue weighted by molar-refractivity contribution is 5.28. The van der Waals surface area contributed by atoms with Crippen LogP contribution in [-0.2, 0) is 0 Å². The average molecular weight is 162 g/mol. The van der Waals surface area contributed by atoms with Crippen molar-refractivity contribution in [3.8, 4) is 0 Å². The maximum atomic E-state index is 4.33. The average Bonchev–Trinajstić information content (AvgIpc) is 2.58. The Balaban J connectivity index is 2.13. The minimum Gasteiger partial charge on any atom is -0.0993 e. The maximum Gasteiger partial charge on any atom is -0.00343 e. The van der Waals surface area contributed by atoms with Crippen LogP contribution in [-0.4, -0.2) is 0 Å². The smallest absolute Gasteiger partial charge is 0.00343 e. The maximum absolute atomic E-state index is 4.33. The number of allylic oxidation sites excluding steroid dienone is 1. The van der Waals surface area contributed by atoms with Crippen molar-refractivity contribution in [2.45, 2.75) is 51.4 Å². The first-order valence-electron chi connectivity index (χ1n) is 5.47. The van der Waals surface area contributed by atoms with Crippen LogP contribution < -0.4 is 0 Å². The van der Waals surface area contributed by atoms with E-state index in [9.17, 15) is 0 Å². The third-order valence-corrected chi connectivity index (χ3v) is 5.12. The molecule has 0 N–H and O–H groups in total. The molecule has 0 amide bonds. The summed E-state index contributed by atoms with van der Waals surface area (Å²) in [5.74, 6) is 0. The molecule has 0 aliphatic heterocycles. The summed E-state index contributed by atoms with van der Waals surface area (Å²) >= 11 is 0. The Labute approximate surface area is 75.0 Å². The van der Waals surface area contributed by atoms with Crippen LogP contribution in [0.2, 0.25) is 0 Å². The predicted molar refractivity (Wildman–Crippen MR) is 50.9 cm³/mol. The second-order valence-electron chi connectivity index (χ2n) is 5.17. The summed E-state index contributed by atoms with van der Waals surface area (Å²) in [4.78, 5) is 0. The van der Waals surface area contributed by atoms with Crippen molar-refractivity contribution < 1.29 is 0 Å². The van der Waals surface area contributed by atoms with Crippen LogP contribution in [0.5, 0.6) is 0 Å². The Morgan fingerprint density at radius 3 is 2.17 bits per heavy atom. The SMILES string of the molecule is C=C1CCC23CCCC12CCC3. The fourth-order valence-corrected chi connectivity index (χ4v) is 4.56. The van der Waals surface area contributed by atoms with Crippen molar-refractivity contribution in [3.63, 3.8) is 0 Å². The second-order valence-corrected chi connectivity index (χ2v) is 5.17. The summed E-state index contributed by atoms with van der Waals surface area (Å²) < 4.78 is 0. The largest absolute Gasteiger partial charge is 0.0993 e. The van der Waals surface area contributed by atoms with Crippen molar-refractivity contribution in [2.75, 3.05) is 0 Å². The van der Waals surface area contributed by atoms with Gasteiger partial charge in [-0.05, 0) is 49.4 Å². The Morgan fingerprint density at radius 1 is 0.917 bits per heavy atom. The van der Waals surface area contributed by atoms with E-state index >= 15 is 0 Å². The lowest BCUT2D eigenvalue weighted by Gasteiger charge is -2.34. The molecule has 0 atom stereocenters. The predicted octanol–water partition coefficient (Wildman–Crippen LogP) is 3.68. The molecule has 0 aromatic rings. The van der Waals surface area contributed by atoms with Crippen molar-refractivity contribution in [2.24, 2.45) is 10.8 Å². The summed E-state index contributed by atoms with van der Waals surface area (Å²) in [5.41, 5.74) is 3.05. The van der Waals surface area contributed by atoms with Crippen molar-refractivity contribution in [1.82, 2.24) is 0 Å². The normalized spacial score (nSPS) is 51.2. The van der Waals surface area contributed by atoms with Crippen LogP contribution in [0.4, 0.5) is 0 Å². The monoisotopic (exact) mass is 162 g/mol. The molecule has 12 heavy (non-hydrogen) atoms. The molecular weight excluding hydrogens is 144 g/mol. The van der Waals surface area contributed by atoms with Crippen LogP contribution in [0.3, 0.4) is 0 Å². The van der Waals surface area contributed by atoms with Crippen LogP contribution in [0.15, 0.2) is 12.2 Å². The van der Waals surface area contributed by atoms with Gasteiger partial charge in [0.2, 0.25) is 0 Å². The third-order valence-electron chi connectivity index (χ3n) is 5.12. The van der Waals surface area contributed by atoms with Gasteiger partial charge in [0.15, 0.2) is 0 Å². The number of hydrogen-bond acceptors (Lipinski definition) is 0. The minimum atomic E-state index is 0.660. The first-order chi connectivity index (χ1) is 5.79. The van der Waals surface area contributed by atoms with Gasteiger partial charge in [-0.1, -0.05) is 25.0 Å². The van der Waals surface area contributed by atoms with Crippen molar-refractivity contribution >= 4 is 0 Å². The first-order valence-corrected chi connectivity index (χ1v) is 5.47. The second kappa shape index (κ2) is 1.97. The molecule has 0 spiro atoms. The third kappa shape index (κ3) is 0.551. The quantitative estimate of drug-likeness (QED) is 0.477. The van der Waals surface area contributed by atoms with Crippen LogP contribution >= 0.6 is 0 Å². The van der Waals surface area contributed by atoms with Gasteiger partial charge in [0.1, 0.15) is 0 Å². The Kier molecular flexibility index (Phi) is 1.18. The fraction of sp³-hybridized carbons (Fsp3) is 0.833. The van der Waals surface area contributed by atoms with Gasteiger partial charge in [-0.2, -0.15) is 0 Å². The molecule has 3 aliphatic rings. The molecule has 3 rings (SSSR count). The molecule has 0 unspecified atom stereocenters. The van der Waals surface area contributed by atoms with Crippen molar-refractivity contribution in [3.05, 3.63) is 12.2 Å². The number of rotatable bonds is 0. The van der Waals surface area contributed by atoms with E-state index in [0.29, 0.717) is 5.41 Å². The van der Waals surface area contributed by atoms with Gasteiger partial charge < -0.3 is 0 Å². The molecule has 3 saturated carbocycles. The van der Waals surface area contributed by atoms with E-state index < -0.39 is 0 Å². The molecule has 3 fully saturated rings. The Bertz CT molecular complexity index is 226. The standard InChI is InChI=1S/C12H18/c1-10-4-9-11-5-2-7-12(10,11)8-3-6-11/h1-9H2. The summed E-state index contributed by atoms with van der Waals surface area (Å²) in [6.45, 7) is 4.33. The van der Waals surface area contributed by atoms with E-state index in [0.717, 1.165) is 5.41 Å². The fourth-order valence-electron chi connectivity index (χ4n) is 4.56. The molecule has 0 bridgehead atoms. The zero-order chi connectivity index (χ0) is 8.23. The molecule has 0 radical (unpaired) electrons. The molecule has 0 heteroatoms. The molecule has 0 aromatic carbocycles. The Morgan fingerprint density at radius 2 is 1.58 bits per heavy atom. The summed E-state index contributed by atoms with van der Waals surface area (Å²) in [7, 11) is 0. The molecule has 0 heterocycles. The molecule has 0 nitrogen and oxygen atoms in total. The topological polar surface area (TPSA) is 0 Å². The summed E-state index contributed by atoms with van der Waals surface area (Å²) in [6, 6.07) is 0. The van der Waals surface area contributed by atoms with Gasteiger partial charge >= 0.3 is 0 Å². The minimum absolute atomic E-state index is 0.660. The molecule has 3 aliphatic carbocycles. The van der Waals surface area contributed by atoms with Gasteiger partial charge in [0.25, 0.3) is 0 Å². The van der Waals surface area contributed by atoms with Gasteiger partial charge in [-0.15, -0.1) is 0 Å². The molecule has 0 saturated heterocycles. The van der Waals surface area contributed by atoms with Gasteiger partial charge in [-0.25, -0.2) is 0 Å². The highest BCUT2D eigenvalue weighted by atomic mass is 14.6. The van der Waals surface area contributed by atoms with Gasteiger partial charge in [0, 0.05) is 0 Å². The van der Waals surface area contributed by atoms with Crippen LogP contribution in [0.1, 0.15) is 51.4 Å². The summed E-state index contributed by atoms with van der Waals surface area (Å²) in [6.07, 6.45) is 11.8. The lowest BCUT2D eigenvalue weighted by Crippen LogP contribution is -2.26. The molecular formula is C12H18. The number of hydrogen-bond donors (Lipinski definition) is 0. The van der Waals surface area contributed by atoms with Gasteiger partial charge in [0.05, 0.1) is 0 Å². The highest BCUT2D eigenvalue weighted by Gasteiger charge is 2.61. The van der Waals surface area contributed by atoms with Gasteiger partial charge in [-0.3, -0.25) is 0 Å². The summed E-state index contributed by atoms with van der Waals surface area (Å²) in [5, 5.41) is 0. The van der Waals surface area contributed by atoms with E-state index in [1.807, 2.05) is 0 Å². The first kappa shape index (κ1) is 7.17. The lowest BCUT2D eigenvalue weighted by atomic mass is 9.69. The molecule has 0 aromatic heterocycles. The zero-order valence-electron chi connectivity index (χ0n) is 7.86. The zero-order valence-corrected chi connectivity index (χ0v) is 7.86.